The summed E-state index contributed by atoms with van der Waals surface area (Å²) in [5.74, 6) is 3.17. The normalized spacial score (nSPS) is 25.4. The van der Waals surface area contributed by atoms with E-state index in [0.717, 1.165) is 36.3 Å². The molecule has 13 heteroatoms. The molecule has 1 spiro atoms. The first kappa shape index (κ1) is 30.3. The van der Waals surface area contributed by atoms with Gasteiger partial charge in [0.2, 0.25) is 11.8 Å². The molecule has 1 saturated heterocycles. The monoisotopic (exact) mass is 609 g/mol. The van der Waals surface area contributed by atoms with Crippen molar-refractivity contribution in [2.75, 3.05) is 33.3 Å². The van der Waals surface area contributed by atoms with Gasteiger partial charge in [-0.25, -0.2) is 14.6 Å². The molecule has 0 radical (unpaired) electrons. The number of halogens is 3. The predicted octanol–water partition coefficient (Wildman–Crippen LogP) is 3.29. The maximum Gasteiger partial charge on any atom is 0.307 e. The van der Waals surface area contributed by atoms with E-state index in [9.17, 15) is 28.3 Å². The van der Waals surface area contributed by atoms with Gasteiger partial charge >= 0.3 is 5.97 Å². The van der Waals surface area contributed by atoms with Gasteiger partial charge in [-0.15, -0.1) is 0 Å². The second kappa shape index (κ2) is 11.9. The van der Waals surface area contributed by atoms with Crippen LogP contribution in [-0.4, -0.2) is 77.4 Å². The van der Waals surface area contributed by atoms with E-state index in [1.165, 1.54) is 7.05 Å². The molecule has 230 valence electrons. The molecule has 3 fully saturated rings. The molecule has 0 bridgehead atoms. The van der Waals surface area contributed by atoms with Gasteiger partial charge in [0.25, 0.3) is 6.43 Å². The molecular formula is C29H38ClF2N5O5. The number of carboxylic acid groups (broad SMARTS) is 1. The van der Waals surface area contributed by atoms with E-state index in [4.69, 9.17) is 27.9 Å². The molecule has 10 nitrogen and oxygen atoms in total. The Morgan fingerprint density at radius 2 is 1.93 bits per heavy atom. The predicted molar refractivity (Wildman–Crippen MR) is 150 cm³/mol. The van der Waals surface area contributed by atoms with Gasteiger partial charge in [0.15, 0.2) is 0 Å². The van der Waals surface area contributed by atoms with Crippen molar-refractivity contribution in [3.63, 3.8) is 0 Å². The summed E-state index contributed by atoms with van der Waals surface area (Å²) in [6, 6.07) is 2.59. The Hall–Kier alpha value is -3.12. The number of aliphatic carboxylic acids is 1. The van der Waals surface area contributed by atoms with Gasteiger partial charge in [-0.3, -0.25) is 14.4 Å². The second-order valence-corrected chi connectivity index (χ2v) is 12.5. The quantitative estimate of drug-likeness (QED) is 0.286. The summed E-state index contributed by atoms with van der Waals surface area (Å²) in [6.45, 7) is 0.685. The number of alkyl halides is 2. The number of hydrazine groups is 1. The molecule has 5 rings (SSSR count). The summed E-state index contributed by atoms with van der Waals surface area (Å²) in [7, 11) is 1.26. The lowest BCUT2D eigenvalue weighted by Crippen LogP contribution is -2.50. The number of benzene rings is 1. The number of nitrogens with two attached hydrogens (primary N) is 2. The summed E-state index contributed by atoms with van der Waals surface area (Å²) in [5.41, 5.74) is 6.46. The molecule has 3 atom stereocenters. The lowest BCUT2D eigenvalue weighted by atomic mass is 9.77. The summed E-state index contributed by atoms with van der Waals surface area (Å²) >= 11 is 6.64. The Morgan fingerprint density at radius 1 is 1.24 bits per heavy atom. The number of allylic oxidation sites excluding steroid dienone is 1. The van der Waals surface area contributed by atoms with E-state index in [1.807, 2.05) is 0 Å². The van der Waals surface area contributed by atoms with E-state index in [0.29, 0.717) is 55.1 Å². The molecule has 0 aromatic heterocycles. The zero-order chi connectivity index (χ0) is 30.3. The minimum Gasteiger partial charge on any atom is -0.487 e. The number of nitrogens with zero attached hydrogens (tertiary/aromatic N) is 3. The minimum atomic E-state index is -2.92. The molecule has 1 aromatic rings. The molecule has 42 heavy (non-hydrogen) atoms. The van der Waals surface area contributed by atoms with Crippen molar-refractivity contribution in [2.24, 2.45) is 28.8 Å². The van der Waals surface area contributed by atoms with Gasteiger partial charge in [-0.1, -0.05) is 24.4 Å². The highest BCUT2D eigenvalue weighted by Crippen LogP contribution is 2.54. The van der Waals surface area contributed by atoms with Crippen molar-refractivity contribution in [1.82, 2.24) is 14.8 Å². The zero-order valence-corrected chi connectivity index (χ0v) is 24.4. The first-order chi connectivity index (χ1) is 19.9. The van der Waals surface area contributed by atoms with E-state index in [1.54, 1.807) is 21.9 Å². The Bertz CT molecular complexity index is 1280. The summed E-state index contributed by atoms with van der Waals surface area (Å²) in [6.07, 6.45) is 2.31. The van der Waals surface area contributed by atoms with E-state index in [-0.39, 0.29) is 29.5 Å². The second-order valence-electron chi connectivity index (χ2n) is 12.1. The van der Waals surface area contributed by atoms with Gasteiger partial charge in [0.05, 0.1) is 23.6 Å². The Balaban J connectivity index is 1.52. The van der Waals surface area contributed by atoms with Gasteiger partial charge < -0.3 is 30.4 Å². The van der Waals surface area contributed by atoms with Crippen LogP contribution < -0.4 is 16.3 Å². The van der Waals surface area contributed by atoms with Crippen LogP contribution in [0.15, 0.2) is 23.5 Å². The molecule has 2 amide bonds. The molecular weight excluding hydrogens is 572 g/mol. The van der Waals surface area contributed by atoms with Crippen LogP contribution in [0.2, 0.25) is 5.02 Å². The van der Waals surface area contributed by atoms with Crippen molar-refractivity contribution in [3.8, 4) is 5.75 Å². The third-order valence-electron chi connectivity index (χ3n) is 9.31. The number of ether oxygens (including phenoxy) is 1. The van der Waals surface area contributed by atoms with Crippen LogP contribution in [0.5, 0.6) is 5.75 Å². The number of rotatable bonds is 9. The molecule has 2 aliphatic carbocycles. The van der Waals surface area contributed by atoms with Crippen molar-refractivity contribution in [2.45, 2.75) is 63.8 Å². The topological polar surface area (TPSA) is 142 Å². The number of likely N-dealkylation sites (tertiary alicyclic amines) is 1. The van der Waals surface area contributed by atoms with Crippen molar-refractivity contribution >= 4 is 29.4 Å². The van der Waals surface area contributed by atoms with E-state index in [2.05, 4.69) is 0 Å². The third kappa shape index (κ3) is 5.88. The van der Waals surface area contributed by atoms with Crippen LogP contribution in [0.25, 0.3) is 0 Å². The van der Waals surface area contributed by atoms with Crippen LogP contribution in [0, 0.1) is 17.3 Å². The fourth-order valence-electron chi connectivity index (χ4n) is 6.91. The van der Waals surface area contributed by atoms with E-state index >= 15 is 0 Å². The van der Waals surface area contributed by atoms with Crippen LogP contribution in [0.1, 0.15) is 62.1 Å². The van der Waals surface area contributed by atoms with Crippen LogP contribution >= 0.6 is 11.6 Å². The molecule has 4 aliphatic rings. The van der Waals surface area contributed by atoms with E-state index < -0.39 is 42.6 Å². The van der Waals surface area contributed by atoms with Crippen molar-refractivity contribution in [1.29, 1.82) is 0 Å². The maximum absolute atomic E-state index is 14.1. The number of carboxylic acids is 1. The van der Waals surface area contributed by atoms with Gasteiger partial charge in [0, 0.05) is 43.7 Å². The van der Waals surface area contributed by atoms with Crippen LogP contribution in [-0.2, 0) is 20.8 Å². The molecule has 5 N–H and O–H groups in total. The minimum absolute atomic E-state index is 0.00593. The smallest absolute Gasteiger partial charge is 0.307 e. The fourth-order valence-corrected chi connectivity index (χ4v) is 7.17. The highest BCUT2D eigenvalue weighted by molar-refractivity contribution is 6.31. The number of hydrogen-bond donors (Lipinski definition) is 3. The Labute approximate surface area is 248 Å². The standard InChI is InChI=1S/C29H38ClF2N5O5/c1-35(34)25(26(31)32)20(33)14-42-22-7-6-19(30)18-8-11-37(27(39)16-4-2-3-5-17(16)28(40)41)21(24(18)22)13-36-15-29(9-10-29)12-23(36)38/h6-7,16-17,21,26H,2-5,8-15,33-34H2,1H3,(H,40,41)/b25-20-. The summed E-state index contributed by atoms with van der Waals surface area (Å²) < 4.78 is 33.2. The number of amides is 2. The molecule has 2 heterocycles. The van der Waals surface area contributed by atoms with Crippen molar-refractivity contribution in [3.05, 3.63) is 39.7 Å². The third-order valence-corrected chi connectivity index (χ3v) is 9.66. The maximum atomic E-state index is 14.1. The number of carbonyl (C=O) groups excluding carboxylic acids is 2. The SMILES string of the molecule is CN(N)/C(=C(\N)COc1ccc(Cl)c2c1C(CN1CC3(CC3)CC1=O)N(C(=O)C1CCCCC1C(=O)O)CC2)C(F)F. The highest BCUT2D eigenvalue weighted by Gasteiger charge is 2.53. The zero-order valence-electron chi connectivity index (χ0n) is 23.7. The van der Waals surface area contributed by atoms with Gasteiger partial charge in [0.1, 0.15) is 18.1 Å². The number of fused-ring (bicyclic) bond motifs is 1. The Kier molecular flexibility index (Phi) is 8.58. The van der Waals surface area contributed by atoms with Gasteiger partial charge in [-0.05, 0) is 55.2 Å². The fraction of sp³-hybridized carbons (Fsp3) is 0.621. The summed E-state index contributed by atoms with van der Waals surface area (Å²) in [4.78, 5) is 42.8. The van der Waals surface area contributed by atoms with Crippen molar-refractivity contribution < 1.29 is 33.0 Å². The average molecular weight is 610 g/mol. The summed E-state index contributed by atoms with van der Waals surface area (Å²) in [5, 5.41) is 11.1. The first-order valence-corrected chi connectivity index (χ1v) is 14.8. The highest BCUT2D eigenvalue weighted by atomic mass is 35.5. The molecule has 3 unspecified atom stereocenters. The number of hydrogen-bond acceptors (Lipinski definition) is 7. The molecule has 2 aliphatic heterocycles. The van der Waals surface area contributed by atoms with Crippen LogP contribution in [0.3, 0.4) is 0 Å². The van der Waals surface area contributed by atoms with Gasteiger partial charge in [-0.2, -0.15) is 0 Å². The molecule has 2 saturated carbocycles. The largest absolute Gasteiger partial charge is 0.487 e. The first-order valence-electron chi connectivity index (χ1n) is 14.4. The van der Waals surface area contributed by atoms with Crippen LogP contribution in [0.4, 0.5) is 8.78 Å². The lowest BCUT2D eigenvalue weighted by Gasteiger charge is -2.43. The Morgan fingerprint density at radius 3 is 2.52 bits per heavy atom. The number of carbonyl (C=O) groups is 3. The lowest BCUT2D eigenvalue weighted by molar-refractivity contribution is -0.154. The molecule has 1 aromatic carbocycles. The average Bonchev–Trinajstić information content (AvgIpc) is 3.62.